The number of aliphatic hydroxyl groups excluding tert-OH is 1. The second-order valence-electron chi connectivity index (χ2n) is 4.13. The topological polar surface area (TPSA) is 65.1 Å². The molecule has 0 bridgehead atoms. The van der Waals surface area contributed by atoms with E-state index in [0.29, 0.717) is 29.4 Å². The molecule has 0 fully saturated rings. The summed E-state index contributed by atoms with van der Waals surface area (Å²) in [4.78, 5) is 0. The van der Waals surface area contributed by atoms with Gasteiger partial charge in [0.15, 0.2) is 0 Å². The molecule has 1 atom stereocenters. The van der Waals surface area contributed by atoms with Gasteiger partial charge in [-0.1, -0.05) is 11.6 Å². The number of aromatic nitrogens is 4. The zero-order valence-electron chi connectivity index (χ0n) is 11.0. The third-order valence-electron chi connectivity index (χ3n) is 2.89. The van der Waals surface area contributed by atoms with Crippen LogP contribution in [-0.4, -0.2) is 38.4 Å². The predicted molar refractivity (Wildman–Crippen MR) is 71.1 cm³/mol. The Morgan fingerprint density at radius 2 is 2.21 bits per heavy atom. The maximum Gasteiger partial charge on any atom is 0.125 e. The van der Waals surface area contributed by atoms with Crippen LogP contribution in [0.2, 0.25) is 5.02 Å². The van der Waals surface area contributed by atoms with Crippen LogP contribution in [0.15, 0.2) is 18.6 Å². The number of hydrogen-bond acceptors (Lipinski definition) is 4. The van der Waals surface area contributed by atoms with E-state index in [1.807, 2.05) is 6.92 Å². The quantitative estimate of drug-likeness (QED) is 0.873. The molecule has 6 nitrogen and oxygen atoms in total. The summed E-state index contributed by atoms with van der Waals surface area (Å²) < 4.78 is 8.42. The minimum atomic E-state index is -0.841. The fraction of sp³-hybridized carbons (Fsp3) is 0.500. The molecule has 0 aliphatic carbocycles. The Bertz CT molecular complexity index is 538. The van der Waals surface area contributed by atoms with Crippen LogP contribution in [0, 0.1) is 0 Å². The summed E-state index contributed by atoms with van der Waals surface area (Å²) in [7, 11) is 1.62. The number of nitrogens with zero attached hydrogens (tertiary/aromatic N) is 4. The van der Waals surface area contributed by atoms with E-state index >= 15 is 0 Å². The SMILES string of the molecule is CCn1cc(C(O)c2c(Cl)cnn2CCOC)cn1. The molecular weight excluding hydrogens is 268 g/mol. The average molecular weight is 285 g/mol. The van der Waals surface area contributed by atoms with Crippen LogP contribution in [-0.2, 0) is 17.8 Å². The largest absolute Gasteiger partial charge is 0.383 e. The highest BCUT2D eigenvalue weighted by molar-refractivity contribution is 6.31. The van der Waals surface area contributed by atoms with E-state index < -0.39 is 6.10 Å². The summed E-state index contributed by atoms with van der Waals surface area (Å²) in [6, 6.07) is 0. The Kier molecular flexibility index (Phi) is 4.57. The first-order valence-corrected chi connectivity index (χ1v) is 6.45. The molecule has 0 spiro atoms. The van der Waals surface area contributed by atoms with Crippen molar-refractivity contribution in [3.63, 3.8) is 0 Å². The van der Waals surface area contributed by atoms with Crippen molar-refractivity contribution in [1.29, 1.82) is 0 Å². The summed E-state index contributed by atoms with van der Waals surface area (Å²) >= 11 is 6.10. The second-order valence-corrected chi connectivity index (χ2v) is 4.53. The van der Waals surface area contributed by atoms with Crippen molar-refractivity contribution in [2.75, 3.05) is 13.7 Å². The molecule has 2 heterocycles. The highest BCUT2D eigenvalue weighted by atomic mass is 35.5. The van der Waals surface area contributed by atoms with Gasteiger partial charge in [-0.3, -0.25) is 9.36 Å². The Hall–Kier alpha value is -1.37. The predicted octanol–water partition coefficient (Wildman–Crippen LogP) is 1.48. The Morgan fingerprint density at radius 1 is 1.42 bits per heavy atom. The lowest BCUT2D eigenvalue weighted by atomic mass is 10.1. The van der Waals surface area contributed by atoms with Crippen LogP contribution in [0.3, 0.4) is 0 Å². The van der Waals surface area contributed by atoms with Crippen molar-refractivity contribution in [2.45, 2.75) is 26.1 Å². The molecule has 2 aromatic rings. The molecule has 0 aliphatic heterocycles. The minimum Gasteiger partial charge on any atom is -0.383 e. The van der Waals surface area contributed by atoms with Crippen molar-refractivity contribution in [3.05, 3.63) is 34.9 Å². The van der Waals surface area contributed by atoms with Gasteiger partial charge >= 0.3 is 0 Å². The summed E-state index contributed by atoms with van der Waals surface area (Å²) in [6.07, 6.45) is 4.12. The molecule has 0 amide bonds. The van der Waals surface area contributed by atoms with Gasteiger partial charge < -0.3 is 9.84 Å². The second kappa shape index (κ2) is 6.18. The van der Waals surface area contributed by atoms with Gasteiger partial charge in [-0.25, -0.2) is 0 Å². The fourth-order valence-corrected chi connectivity index (χ4v) is 2.10. The van der Waals surface area contributed by atoms with Crippen LogP contribution in [0.4, 0.5) is 0 Å². The third-order valence-corrected chi connectivity index (χ3v) is 3.18. The molecule has 0 saturated carbocycles. The lowest BCUT2D eigenvalue weighted by molar-refractivity contribution is 0.171. The van der Waals surface area contributed by atoms with Gasteiger partial charge in [0.2, 0.25) is 0 Å². The molecule has 104 valence electrons. The standard InChI is InChI=1S/C12H17ClN4O2/c1-3-16-8-9(6-14-16)12(18)11-10(13)7-15-17(11)4-5-19-2/h6-8,12,18H,3-5H2,1-2H3. The van der Waals surface area contributed by atoms with E-state index in [1.165, 1.54) is 6.20 Å². The first-order valence-electron chi connectivity index (χ1n) is 6.08. The molecule has 0 saturated heterocycles. The zero-order chi connectivity index (χ0) is 13.8. The third kappa shape index (κ3) is 2.97. The highest BCUT2D eigenvalue weighted by Crippen LogP contribution is 2.27. The van der Waals surface area contributed by atoms with E-state index in [9.17, 15) is 5.11 Å². The maximum atomic E-state index is 10.4. The zero-order valence-corrected chi connectivity index (χ0v) is 11.7. The van der Waals surface area contributed by atoms with Crippen molar-refractivity contribution < 1.29 is 9.84 Å². The van der Waals surface area contributed by atoms with E-state index in [2.05, 4.69) is 10.2 Å². The van der Waals surface area contributed by atoms with Crippen LogP contribution in [0.1, 0.15) is 24.3 Å². The smallest absolute Gasteiger partial charge is 0.125 e. The van der Waals surface area contributed by atoms with Gasteiger partial charge in [-0.2, -0.15) is 10.2 Å². The van der Waals surface area contributed by atoms with Crippen molar-refractivity contribution in [2.24, 2.45) is 0 Å². The van der Waals surface area contributed by atoms with Gasteiger partial charge in [0.1, 0.15) is 6.10 Å². The van der Waals surface area contributed by atoms with Gasteiger partial charge in [-0.15, -0.1) is 0 Å². The first-order chi connectivity index (χ1) is 9.17. The van der Waals surface area contributed by atoms with Gasteiger partial charge in [0.05, 0.1) is 36.3 Å². The summed E-state index contributed by atoms with van der Waals surface area (Å²) in [5, 5.41) is 19.1. The average Bonchev–Trinajstić information content (AvgIpc) is 3.02. The maximum absolute atomic E-state index is 10.4. The van der Waals surface area contributed by atoms with Crippen LogP contribution in [0.25, 0.3) is 0 Å². The Balaban J connectivity index is 2.26. The van der Waals surface area contributed by atoms with E-state index in [-0.39, 0.29) is 0 Å². The molecule has 19 heavy (non-hydrogen) atoms. The van der Waals surface area contributed by atoms with Crippen LogP contribution < -0.4 is 0 Å². The van der Waals surface area contributed by atoms with E-state index in [0.717, 1.165) is 6.54 Å². The van der Waals surface area contributed by atoms with Gasteiger partial charge in [-0.05, 0) is 6.92 Å². The number of rotatable bonds is 6. The summed E-state index contributed by atoms with van der Waals surface area (Å²) in [6.45, 7) is 3.78. The molecule has 7 heteroatoms. The number of hydrogen-bond donors (Lipinski definition) is 1. The van der Waals surface area contributed by atoms with Crippen molar-refractivity contribution in [1.82, 2.24) is 19.6 Å². The highest BCUT2D eigenvalue weighted by Gasteiger charge is 2.21. The normalized spacial score (nSPS) is 12.8. The number of aryl methyl sites for hydroxylation is 1. The minimum absolute atomic E-state index is 0.438. The lowest BCUT2D eigenvalue weighted by Gasteiger charge is -2.12. The molecule has 0 aromatic carbocycles. The molecule has 0 radical (unpaired) electrons. The molecule has 0 aliphatic rings. The number of ether oxygens (including phenoxy) is 1. The fourth-order valence-electron chi connectivity index (χ4n) is 1.85. The summed E-state index contributed by atoms with van der Waals surface area (Å²) in [5.74, 6) is 0. The Morgan fingerprint density at radius 3 is 2.84 bits per heavy atom. The lowest BCUT2D eigenvalue weighted by Crippen LogP contribution is -2.13. The van der Waals surface area contributed by atoms with Crippen LogP contribution >= 0.6 is 11.6 Å². The molecule has 1 unspecified atom stereocenters. The van der Waals surface area contributed by atoms with Crippen molar-refractivity contribution in [3.8, 4) is 0 Å². The van der Waals surface area contributed by atoms with Crippen LogP contribution in [0.5, 0.6) is 0 Å². The molecule has 1 N–H and O–H groups in total. The van der Waals surface area contributed by atoms with Gasteiger partial charge in [0.25, 0.3) is 0 Å². The molecular formula is C12H17ClN4O2. The number of methoxy groups -OCH3 is 1. The van der Waals surface area contributed by atoms with Crippen molar-refractivity contribution >= 4 is 11.6 Å². The van der Waals surface area contributed by atoms with E-state index in [1.54, 1.807) is 28.9 Å². The molecule has 2 rings (SSSR count). The Labute approximate surface area is 116 Å². The van der Waals surface area contributed by atoms with Gasteiger partial charge in [0, 0.05) is 25.4 Å². The monoisotopic (exact) mass is 284 g/mol. The molecule has 2 aromatic heterocycles. The number of aliphatic hydroxyl groups is 1. The number of halogens is 1. The summed E-state index contributed by atoms with van der Waals surface area (Å²) in [5.41, 5.74) is 1.26. The first kappa shape index (κ1) is 14.0. The van der Waals surface area contributed by atoms with E-state index in [4.69, 9.17) is 16.3 Å².